The first kappa shape index (κ1) is 14.7. The molecule has 1 aromatic carbocycles. The van der Waals surface area contributed by atoms with Crippen LogP contribution in [0.15, 0.2) is 18.2 Å². The van der Waals surface area contributed by atoms with E-state index in [0.717, 1.165) is 37.4 Å². The number of hydrogen-bond donors (Lipinski definition) is 1. The van der Waals surface area contributed by atoms with Crippen LogP contribution in [0.3, 0.4) is 0 Å². The van der Waals surface area contributed by atoms with Gasteiger partial charge in [-0.3, -0.25) is 5.32 Å². The molecular formula is C17H23NO2. The first-order valence-electron chi connectivity index (χ1n) is 7.36. The molecule has 2 unspecified atom stereocenters. The fourth-order valence-electron chi connectivity index (χ4n) is 2.35. The molecule has 2 atom stereocenters. The summed E-state index contributed by atoms with van der Waals surface area (Å²) in [6.07, 6.45) is 8.55. The zero-order chi connectivity index (χ0) is 14.4. The van der Waals surface area contributed by atoms with E-state index in [9.17, 15) is 0 Å². The Bertz CT molecular complexity index is 478. The average Bonchev–Trinajstić information content (AvgIpc) is 2.71. The molecule has 0 spiro atoms. The van der Waals surface area contributed by atoms with Crippen LogP contribution in [0.5, 0.6) is 11.5 Å². The number of nitrogens with one attached hydrogen (secondary N) is 1. The van der Waals surface area contributed by atoms with E-state index in [4.69, 9.17) is 15.9 Å². The van der Waals surface area contributed by atoms with E-state index in [-0.39, 0.29) is 12.1 Å². The molecule has 1 aliphatic heterocycles. The van der Waals surface area contributed by atoms with Crippen LogP contribution < -0.4 is 14.8 Å². The molecule has 1 N–H and O–H groups in total. The molecule has 1 heterocycles. The monoisotopic (exact) mass is 273 g/mol. The lowest BCUT2D eigenvalue weighted by Gasteiger charge is -2.20. The van der Waals surface area contributed by atoms with Gasteiger partial charge in [-0.05, 0) is 31.0 Å². The Kier molecular flexibility index (Phi) is 5.31. The van der Waals surface area contributed by atoms with Crippen molar-refractivity contribution in [1.82, 2.24) is 5.32 Å². The highest BCUT2D eigenvalue weighted by molar-refractivity contribution is 5.44. The minimum Gasteiger partial charge on any atom is -0.490 e. The molecule has 0 amide bonds. The first-order valence-corrected chi connectivity index (χ1v) is 7.36. The summed E-state index contributed by atoms with van der Waals surface area (Å²) in [7, 11) is 0. The summed E-state index contributed by atoms with van der Waals surface area (Å²) < 4.78 is 11.4. The number of hydrogen-bond acceptors (Lipinski definition) is 3. The van der Waals surface area contributed by atoms with Crippen molar-refractivity contribution in [3.05, 3.63) is 23.8 Å². The molecule has 1 aliphatic rings. The van der Waals surface area contributed by atoms with E-state index in [2.05, 4.69) is 37.2 Å². The third-order valence-electron chi connectivity index (χ3n) is 3.50. The minimum atomic E-state index is 0.117. The summed E-state index contributed by atoms with van der Waals surface area (Å²) in [5.41, 5.74) is 1.17. The summed E-state index contributed by atoms with van der Waals surface area (Å²) >= 11 is 0. The van der Waals surface area contributed by atoms with Gasteiger partial charge >= 0.3 is 0 Å². The molecule has 108 valence electrons. The fraction of sp³-hybridized carbons (Fsp3) is 0.529. The van der Waals surface area contributed by atoms with Gasteiger partial charge in [0.1, 0.15) is 0 Å². The largest absolute Gasteiger partial charge is 0.490 e. The highest BCUT2D eigenvalue weighted by Gasteiger charge is 2.15. The maximum atomic E-state index is 5.72. The lowest BCUT2D eigenvalue weighted by atomic mass is 10.1. The van der Waals surface area contributed by atoms with Crippen molar-refractivity contribution in [1.29, 1.82) is 0 Å². The van der Waals surface area contributed by atoms with Crippen molar-refractivity contribution in [2.45, 2.75) is 45.2 Å². The van der Waals surface area contributed by atoms with Crippen LogP contribution in [0.1, 0.15) is 44.7 Å². The molecule has 0 saturated carbocycles. The molecule has 0 radical (unpaired) electrons. The first-order chi connectivity index (χ1) is 9.74. The predicted molar refractivity (Wildman–Crippen MR) is 81.1 cm³/mol. The Morgan fingerprint density at radius 1 is 1.30 bits per heavy atom. The second-order valence-electron chi connectivity index (χ2n) is 5.15. The van der Waals surface area contributed by atoms with Crippen LogP contribution in [-0.4, -0.2) is 19.3 Å². The lowest BCUT2D eigenvalue weighted by molar-refractivity contribution is 0.297. The van der Waals surface area contributed by atoms with Gasteiger partial charge in [0.2, 0.25) is 0 Å². The van der Waals surface area contributed by atoms with Gasteiger partial charge in [0.15, 0.2) is 11.5 Å². The van der Waals surface area contributed by atoms with E-state index >= 15 is 0 Å². The number of benzene rings is 1. The van der Waals surface area contributed by atoms with Crippen LogP contribution in [0.2, 0.25) is 0 Å². The molecule has 3 nitrogen and oxygen atoms in total. The van der Waals surface area contributed by atoms with Crippen LogP contribution in [0, 0.1) is 12.3 Å². The summed E-state index contributed by atoms with van der Waals surface area (Å²) in [6.45, 7) is 5.69. The normalized spacial score (nSPS) is 16.9. The number of rotatable bonds is 5. The van der Waals surface area contributed by atoms with Crippen molar-refractivity contribution >= 4 is 0 Å². The Hall–Kier alpha value is -1.66. The smallest absolute Gasteiger partial charge is 0.161 e. The maximum absolute atomic E-state index is 5.72. The second-order valence-corrected chi connectivity index (χ2v) is 5.15. The molecular weight excluding hydrogens is 250 g/mol. The van der Waals surface area contributed by atoms with Crippen LogP contribution in [-0.2, 0) is 0 Å². The Balaban J connectivity index is 2.08. The summed E-state index contributed by atoms with van der Waals surface area (Å²) in [5.74, 6) is 4.48. The number of fused-ring (bicyclic) bond motifs is 1. The van der Waals surface area contributed by atoms with E-state index in [1.165, 1.54) is 5.56 Å². The summed E-state index contributed by atoms with van der Waals surface area (Å²) in [4.78, 5) is 0. The number of ether oxygens (including phenoxy) is 2. The van der Waals surface area contributed by atoms with Gasteiger partial charge in [-0.15, -0.1) is 6.42 Å². The third kappa shape index (κ3) is 3.68. The summed E-state index contributed by atoms with van der Waals surface area (Å²) in [6, 6.07) is 6.42. The van der Waals surface area contributed by atoms with Crippen molar-refractivity contribution in [3.8, 4) is 23.8 Å². The predicted octanol–water partition coefficient (Wildman–Crippen LogP) is 3.30. The number of terminal acetylenes is 1. The van der Waals surface area contributed by atoms with Crippen LogP contribution >= 0.6 is 0 Å². The van der Waals surface area contributed by atoms with E-state index < -0.39 is 0 Å². The second kappa shape index (κ2) is 7.21. The van der Waals surface area contributed by atoms with Gasteiger partial charge in [0.05, 0.1) is 19.3 Å². The third-order valence-corrected chi connectivity index (χ3v) is 3.50. The van der Waals surface area contributed by atoms with Gasteiger partial charge in [0.25, 0.3) is 0 Å². The molecule has 0 aliphatic carbocycles. The molecule has 2 rings (SSSR count). The zero-order valence-corrected chi connectivity index (χ0v) is 12.3. The quantitative estimate of drug-likeness (QED) is 0.835. The molecule has 0 saturated heterocycles. The van der Waals surface area contributed by atoms with Crippen LogP contribution in [0.25, 0.3) is 0 Å². The SMILES string of the molecule is C#CC(CCC)NC(C)c1ccc2c(c1)OCCCO2. The highest BCUT2D eigenvalue weighted by atomic mass is 16.5. The molecule has 1 aromatic rings. The van der Waals surface area contributed by atoms with Gasteiger partial charge in [-0.1, -0.05) is 25.3 Å². The van der Waals surface area contributed by atoms with Gasteiger partial charge in [-0.2, -0.15) is 0 Å². The standard InChI is InChI=1S/C17H23NO2/c1-4-7-15(5-2)18-13(3)14-8-9-16-17(12-14)20-11-6-10-19-16/h2,8-9,12-13,15,18H,4,6-7,10-11H2,1,3H3. The summed E-state index contributed by atoms with van der Waals surface area (Å²) in [5, 5.41) is 3.47. The molecule has 3 heteroatoms. The van der Waals surface area contributed by atoms with Gasteiger partial charge in [0, 0.05) is 12.5 Å². The Morgan fingerprint density at radius 3 is 2.75 bits per heavy atom. The average molecular weight is 273 g/mol. The molecule has 0 bridgehead atoms. The Labute approximate surface area is 121 Å². The van der Waals surface area contributed by atoms with Gasteiger partial charge < -0.3 is 9.47 Å². The highest BCUT2D eigenvalue weighted by Crippen LogP contribution is 2.32. The van der Waals surface area contributed by atoms with Crippen LogP contribution in [0.4, 0.5) is 0 Å². The van der Waals surface area contributed by atoms with E-state index in [1.807, 2.05) is 6.07 Å². The van der Waals surface area contributed by atoms with Gasteiger partial charge in [-0.25, -0.2) is 0 Å². The van der Waals surface area contributed by atoms with Crippen molar-refractivity contribution in [2.24, 2.45) is 0 Å². The van der Waals surface area contributed by atoms with Crippen molar-refractivity contribution in [2.75, 3.05) is 13.2 Å². The maximum Gasteiger partial charge on any atom is 0.161 e. The zero-order valence-electron chi connectivity index (χ0n) is 12.3. The lowest BCUT2D eigenvalue weighted by Crippen LogP contribution is -2.30. The Morgan fingerprint density at radius 2 is 2.05 bits per heavy atom. The molecule has 20 heavy (non-hydrogen) atoms. The molecule has 0 aromatic heterocycles. The van der Waals surface area contributed by atoms with E-state index in [0.29, 0.717) is 6.61 Å². The van der Waals surface area contributed by atoms with Crippen molar-refractivity contribution in [3.63, 3.8) is 0 Å². The fourth-order valence-corrected chi connectivity index (χ4v) is 2.35. The topological polar surface area (TPSA) is 30.5 Å². The minimum absolute atomic E-state index is 0.117. The molecule has 0 fully saturated rings. The van der Waals surface area contributed by atoms with E-state index in [1.54, 1.807) is 0 Å². The van der Waals surface area contributed by atoms with Crippen molar-refractivity contribution < 1.29 is 9.47 Å².